The molecule has 1 unspecified atom stereocenters. The van der Waals surface area contributed by atoms with Crippen LogP contribution >= 0.6 is 11.6 Å². The van der Waals surface area contributed by atoms with Crippen molar-refractivity contribution in [3.8, 4) is 5.75 Å². The van der Waals surface area contributed by atoms with Crippen LogP contribution in [-0.4, -0.2) is 36.4 Å². The molecule has 0 saturated heterocycles. The van der Waals surface area contributed by atoms with E-state index in [1.165, 1.54) is 25.1 Å². The second-order valence-corrected chi connectivity index (χ2v) is 8.11. The highest BCUT2D eigenvalue weighted by Crippen LogP contribution is 2.30. The molecule has 0 spiro atoms. The molecule has 0 bridgehead atoms. The lowest BCUT2D eigenvalue weighted by atomic mass is 10.1. The molecule has 35 heavy (non-hydrogen) atoms. The van der Waals surface area contributed by atoms with Crippen LogP contribution in [0.25, 0.3) is 0 Å². The SMILES string of the molecule is CCOc1ccc(N2C(=O)c3ccc(C(=O)OC(C)C(=O)Nc4ccc(Cl)cc4)cc3C2=O)cc1. The molecule has 1 heterocycles. The Hall–Kier alpha value is -4.17. The molecular formula is C26H21ClN2O6. The molecule has 1 aliphatic rings. The quantitative estimate of drug-likeness (QED) is 0.378. The smallest absolute Gasteiger partial charge is 0.338 e. The first-order valence-corrected chi connectivity index (χ1v) is 11.2. The van der Waals surface area contributed by atoms with Gasteiger partial charge in [-0.2, -0.15) is 0 Å². The number of halogens is 1. The molecule has 0 radical (unpaired) electrons. The zero-order chi connectivity index (χ0) is 25.1. The largest absolute Gasteiger partial charge is 0.494 e. The minimum Gasteiger partial charge on any atom is -0.494 e. The van der Waals surface area contributed by atoms with Gasteiger partial charge in [-0.05, 0) is 80.6 Å². The molecule has 3 aromatic rings. The molecule has 0 saturated carbocycles. The fourth-order valence-electron chi connectivity index (χ4n) is 3.52. The van der Waals surface area contributed by atoms with Crippen molar-refractivity contribution in [1.82, 2.24) is 0 Å². The fourth-order valence-corrected chi connectivity index (χ4v) is 3.65. The van der Waals surface area contributed by atoms with Crippen molar-refractivity contribution < 1.29 is 28.7 Å². The number of esters is 1. The van der Waals surface area contributed by atoms with Crippen LogP contribution in [0.3, 0.4) is 0 Å². The van der Waals surface area contributed by atoms with Crippen molar-refractivity contribution in [2.24, 2.45) is 0 Å². The van der Waals surface area contributed by atoms with Crippen LogP contribution in [0.1, 0.15) is 44.9 Å². The monoisotopic (exact) mass is 492 g/mol. The number of hydrogen-bond acceptors (Lipinski definition) is 6. The van der Waals surface area contributed by atoms with E-state index in [0.29, 0.717) is 28.8 Å². The number of benzene rings is 3. The van der Waals surface area contributed by atoms with E-state index >= 15 is 0 Å². The van der Waals surface area contributed by atoms with Gasteiger partial charge < -0.3 is 14.8 Å². The summed E-state index contributed by atoms with van der Waals surface area (Å²) in [6.45, 7) is 3.78. The van der Waals surface area contributed by atoms with E-state index < -0.39 is 29.8 Å². The number of carbonyl (C=O) groups excluding carboxylic acids is 4. The van der Waals surface area contributed by atoms with Gasteiger partial charge in [0.2, 0.25) is 0 Å². The van der Waals surface area contributed by atoms with Gasteiger partial charge in [-0.15, -0.1) is 0 Å². The van der Waals surface area contributed by atoms with Crippen LogP contribution in [0.4, 0.5) is 11.4 Å². The molecule has 3 amide bonds. The van der Waals surface area contributed by atoms with Gasteiger partial charge in [0.15, 0.2) is 6.10 Å². The molecule has 3 aromatic carbocycles. The third-order valence-electron chi connectivity index (χ3n) is 5.29. The number of carbonyl (C=O) groups is 4. The molecule has 0 aromatic heterocycles. The van der Waals surface area contributed by atoms with Crippen molar-refractivity contribution in [1.29, 1.82) is 0 Å². The standard InChI is InChI=1S/C26H21ClN2O6/c1-3-34-20-11-9-19(10-12-20)29-24(31)21-13-4-16(14-22(21)25(29)32)26(33)35-15(2)23(30)28-18-7-5-17(27)6-8-18/h4-15H,3H2,1-2H3,(H,28,30). The van der Waals surface area contributed by atoms with Gasteiger partial charge in [-0.3, -0.25) is 14.4 Å². The van der Waals surface area contributed by atoms with Crippen molar-refractivity contribution in [2.75, 3.05) is 16.8 Å². The number of anilines is 2. The van der Waals surface area contributed by atoms with Crippen LogP contribution in [0.2, 0.25) is 5.02 Å². The van der Waals surface area contributed by atoms with Crippen LogP contribution in [-0.2, 0) is 9.53 Å². The number of amides is 3. The van der Waals surface area contributed by atoms with Crippen LogP contribution in [0, 0.1) is 0 Å². The van der Waals surface area contributed by atoms with Gasteiger partial charge >= 0.3 is 5.97 Å². The van der Waals surface area contributed by atoms with Crippen molar-refractivity contribution >= 4 is 46.7 Å². The Balaban J connectivity index is 1.46. The molecule has 1 aliphatic heterocycles. The zero-order valence-corrected chi connectivity index (χ0v) is 19.7. The van der Waals surface area contributed by atoms with E-state index in [0.717, 1.165) is 4.90 Å². The van der Waals surface area contributed by atoms with Gasteiger partial charge in [-0.25, -0.2) is 9.69 Å². The Morgan fingerprint density at radius 3 is 2.26 bits per heavy atom. The van der Waals surface area contributed by atoms with Crippen LogP contribution in [0.15, 0.2) is 66.7 Å². The summed E-state index contributed by atoms with van der Waals surface area (Å²) in [6.07, 6.45) is -1.11. The molecule has 4 rings (SSSR count). The lowest BCUT2D eigenvalue weighted by molar-refractivity contribution is -0.123. The molecule has 1 atom stereocenters. The average Bonchev–Trinajstić information content (AvgIpc) is 3.10. The molecule has 9 heteroatoms. The topological polar surface area (TPSA) is 102 Å². The van der Waals surface area contributed by atoms with E-state index in [2.05, 4.69) is 5.32 Å². The highest BCUT2D eigenvalue weighted by molar-refractivity contribution is 6.34. The Bertz CT molecular complexity index is 1300. The summed E-state index contributed by atoms with van der Waals surface area (Å²) in [7, 11) is 0. The Morgan fingerprint density at radius 1 is 0.943 bits per heavy atom. The number of ether oxygens (including phenoxy) is 2. The average molecular weight is 493 g/mol. The summed E-state index contributed by atoms with van der Waals surface area (Å²) in [5.74, 6) is -1.77. The van der Waals surface area contributed by atoms with E-state index in [-0.39, 0.29) is 16.7 Å². The summed E-state index contributed by atoms with van der Waals surface area (Å²) in [5.41, 5.74) is 1.18. The molecular weight excluding hydrogens is 472 g/mol. The Labute approximate surface area is 206 Å². The minimum absolute atomic E-state index is 0.0459. The second kappa shape index (κ2) is 9.99. The first-order valence-electron chi connectivity index (χ1n) is 10.8. The predicted octanol–water partition coefficient (Wildman–Crippen LogP) is 4.72. The van der Waals surface area contributed by atoms with E-state index in [4.69, 9.17) is 21.1 Å². The lowest BCUT2D eigenvalue weighted by Crippen LogP contribution is -2.30. The van der Waals surface area contributed by atoms with Crippen molar-refractivity contribution in [3.05, 3.63) is 88.4 Å². The predicted molar refractivity (Wildman–Crippen MR) is 130 cm³/mol. The van der Waals surface area contributed by atoms with Gasteiger partial charge in [0.05, 0.1) is 29.0 Å². The maximum Gasteiger partial charge on any atom is 0.338 e. The normalized spacial score (nSPS) is 13.3. The third kappa shape index (κ3) is 5.02. The van der Waals surface area contributed by atoms with Gasteiger partial charge in [0.25, 0.3) is 17.7 Å². The van der Waals surface area contributed by atoms with Gasteiger partial charge in [-0.1, -0.05) is 11.6 Å². The number of nitrogens with zero attached hydrogens (tertiary/aromatic N) is 1. The number of fused-ring (bicyclic) bond motifs is 1. The van der Waals surface area contributed by atoms with Crippen molar-refractivity contribution in [2.45, 2.75) is 20.0 Å². The van der Waals surface area contributed by atoms with Crippen LogP contribution in [0.5, 0.6) is 5.75 Å². The Morgan fingerprint density at radius 2 is 1.60 bits per heavy atom. The highest BCUT2D eigenvalue weighted by atomic mass is 35.5. The summed E-state index contributed by atoms with van der Waals surface area (Å²) < 4.78 is 10.7. The fraction of sp³-hybridized carbons (Fsp3) is 0.154. The molecule has 0 aliphatic carbocycles. The second-order valence-electron chi connectivity index (χ2n) is 7.68. The maximum atomic E-state index is 13.0. The molecule has 8 nitrogen and oxygen atoms in total. The number of imide groups is 1. The molecule has 1 N–H and O–H groups in total. The van der Waals surface area contributed by atoms with Crippen molar-refractivity contribution in [3.63, 3.8) is 0 Å². The summed E-state index contributed by atoms with van der Waals surface area (Å²) in [6, 6.07) is 17.1. The van der Waals surface area contributed by atoms with Crippen LogP contribution < -0.4 is 15.0 Å². The lowest BCUT2D eigenvalue weighted by Gasteiger charge is -2.14. The summed E-state index contributed by atoms with van der Waals surface area (Å²) in [5, 5.41) is 3.15. The summed E-state index contributed by atoms with van der Waals surface area (Å²) in [4.78, 5) is 51.9. The van der Waals surface area contributed by atoms with E-state index in [1.54, 1.807) is 48.5 Å². The third-order valence-corrected chi connectivity index (χ3v) is 5.54. The highest BCUT2D eigenvalue weighted by Gasteiger charge is 2.37. The minimum atomic E-state index is -1.11. The van der Waals surface area contributed by atoms with Gasteiger partial charge in [0, 0.05) is 10.7 Å². The Kier molecular flexibility index (Phi) is 6.84. The number of nitrogens with one attached hydrogen (secondary N) is 1. The number of hydrogen-bond donors (Lipinski definition) is 1. The maximum absolute atomic E-state index is 13.0. The first-order chi connectivity index (χ1) is 16.8. The zero-order valence-electron chi connectivity index (χ0n) is 18.9. The van der Waals surface area contributed by atoms with E-state index in [1.807, 2.05) is 6.92 Å². The van der Waals surface area contributed by atoms with Gasteiger partial charge in [0.1, 0.15) is 5.75 Å². The number of rotatable bonds is 7. The van der Waals surface area contributed by atoms with E-state index in [9.17, 15) is 19.2 Å². The molecule has 0 fully saturated rings. The first kappa shape index (κ1) is 24.0. The summed E-state index contributed by atoms with van der Waals surface area (Å²) >= 11 is 5.83. The molecule has 178 valence electrons.